The molecule has 0 aromatic carbocycles. The van der Waals surface area contributed by atoms with Crippen LogP contribution in [0.2, 0.25) is 0 Å². The van der Waals surface area contributed by atoms with Crippen molar-refractivity contribution in [2.45, 2.75) is 6.54 Å². The Bertz CT molecular complexity index is 237. The average Bonchev–Trinajstić information content (AvgIpc) is 2.03. The number of rotatable bonds is 2. The molecule has 3 nitrogen and oxygen atoms in total. The van der Waals surface area contributed by atoms with Crippen molar-refractivity contribution >= 4 is 20.7 Å². The second-order valence-electron chi connectivity index (χ2n) is 1.95. The lowest BCUT2D eigenvalue weighted by Crippen LogP contribution is -2.15. The average molecular weight is 215 g/mol. The second kappa shape index (κ2) is 4.08. The van der Waals surface area contributed by atoms with Gasteiger partial charge in [-0.2, -0.15) is 0 Å². The molecular weight excluding hydrogens is 208 g/mol. The molecule has 0 unspecified atom stereocenters. The molecule has 0 fully saturated rings. The fourth-order valence-corrected chi connectivity index (χ4v) is 0.803. The second-order valence-corrected chi connectivity index (χ2v) is 2.67. The summed E-state index contributed by atoms with van der Waals surface area (Å²) in [6.07, 6.45) is 1.69. The zero-order valence-corrected chi connectivity index (χ0v) is 7.34. The summed E-state index contributed by atoms with van der Waals surface area (Å²) >= 11 is 2.75. The summed E-state index contributed by atoms with van der Waals surface area (Å²) in [5.74, 6) is 0. The van der Waals surface area contributed by atoms with Gasteiger partial charge in [-0.3, -0.25) is 9.78 Å². The van der Waals surface area contributed by atoms with Gasteiger partial charge in [-0.1, -0.05) is 6.07 Å². The monoisotopic (exact) mass is 214 g/mol. The van der Waals surface area contributed by atoms with Crippen LogP contribution in [-0.4, -0.2) is 9.80 Å². The smallest absolute Gasteiger partial charge is 0.287 e. The van der Waals surface area contributed by atoms with Crippen molar-refractivity contribution in [1.82, 2.24) is 10.3 Å². The van der Waals surface area contributed by atoms with Crippen LogP contribution in [0.15, 0.2) is 24.4 Å². The zero-order valence-electron chi connectivity index (χ0n) is 5.75. The molecule has 1 N–H and O–H groups in total. The highest BCUT2D eigenvalue weighted by Crippen LogP contribution is 1.93. The first-order valence-electron chi connectivity index (χ1n) is 3.12. The molecule has 11 heavy (non-hydrogen) atoms. The molecular formula is C7H7BrN2O. The molecule has 0 aliphatic heterocycles. The number of hydrogen-bond donors (Lipinski definition) is 1. The Morgan fingerprint density at radius 3 is 3.00 bits per heavy atom. The highest BCUT2D eigenvalue weighted by Gasteiger charge is 1.93. The molecule has 58 valence electrons. The minimum atomic E-state index is -0.219. The van der Waals surface area contributed by atoms with E-state index < -0.39 is 0 Å². The Balaban J connectivity index is 2.45. The van der Waals surface area contributed by atoms with E-state index in [2.05, 4.69) is 26.2 Å². The Hall–Kier alpha value is -0.900. The number of carbonyl (C=O) groups is 1. The van der Waals surface area contributed by atoms with Gasteiger partial charge in [0.25, 0.3) is 4.82 Å². The highest BCUT2D eigenvalue weighted by molar-refractivity contribution is 9.18. The number of amides is 1. The van der Waals surface area contributed by atoms with Crippen LogP contribution in [0, 0.1) is 0 Å². The van der Waals surface area contributed by atoms with E-state index in [1.165, 1.54) is 0 Å². The van der Waals surface area contributed by atoms with Crippen molar-refractivity contribution in [3.8, 4) is 0 Å². The van der Waals surface area contributed by atoms with E-state index in [0.29, 0.717) is 6.54 Å². The molecule has 1 aromatic rings. The van der Waals surface area contributed by atoms with Gasteiger partial charge in [0.15, 0.2) is 0 Å². The summed E-state index contributed by atoms with van der Waals surface area (Å²) < 4.78 is 0. The Morgan fingerprint density at radius 2 is 2.45 bits per heavy atom. The fourth-order valence-electron chi connectivity index (χ4n) is 0.663. The molecule has 1 rings (SSSR count). The number of nitrogens with one attached hydrogen (secondary N) is 1. The molecule has 0 radical (unpaired) electrons. The number of hydrogen-bond acceptors (Lipinski definition) is 2. The first kappa shape index (κ1) is 8.20. The van der Waals surface area contributed by atoms with Crippen LogP contribution in [0.3, 0.4) is 0 Å². The third-order valence-corrected chi connectivity index (χ3v) is 1.42. The summed E-state index contributed by atoms with van der Waals surface area (Å²) in [7, 11) is 0. The lowest BCUT2D eigenvalue weighted by molar-refractivity contribution is 0.261. The van der Waals surface area contributed by atoms with Crippen molar-refractivity contribution in [3.05, 3.63) is 30.1 Å². The number of pyridine rings is 1. The van der Waals surface area contributed by atoms with Crippen LogP contribution in [0.1, 0.15) is 5.69 Å². The van der Waals surface area contributed by atoms with E-state index in [1.54, 1.807) is 6.20 Å². The van der Waals surface area contributed by atoms with Gasteiger partial charge < -0.3 is 5.32 Å². The first-order valence-corrected chi connectivity index (χ1v) is 3.91. The van der Waals surface area contributed by atoms with Crippen LogP contribution in [0.4, 0.5) is 4.79 Å². The largest absolute Gasteiger partial charge is 0.341 e. The van der Waals surface area contributed by atoms with E-state index in [0.717, 1.165) is 5.69 Å². The van der Waals surface area contributed by atoms with Crippen LogP contribution >= 0.6 is 15.9 Å². The first-order chi connectivity index (χ1) is 5.29. The molecule has 1 heterocycles. The van der Waals surface area contributed by atoms with E-state index >= 15 is 0 Å². The SMILES string of the molecule is O=C(Br)NCc1ccccn1. The predicted octanol–water partition coefficient (Wildman–Crippen LogP) is 1.69. The normalized spacial score (nSPS) is 9.18. The maximum absolute atomic E-state index is 10.4. The summed E-state index contributed by atoms with van der Waals surface area (Å²) in [6.45, 7) is 0.463. The van der Waals surface area contributed by atoms with Gasteiger partial charge in [0, 0.05) is 22.1 Å². The van der Waals surface area contributed by atoms with Crippen molar-refractivity contribution in [1.29, 1.82) is 0 Å². The van der Waals surface area contributed by atoms with Gasteiger partial charge in [0.05, 0.1) is 12.2 Å². The summed E-state index contributed by atoms with van der Waals surface area (Å²) in [4.78, 5) is 14.2. The molecule has 1 aromatic heterocycles. The molecule has 0 saturated heterocycles. The van der Waals surface area contributed by atoms with Gasteiger partial charge in [0.2, 0.25) is 0 Å². The van der Waals surface area contributed by atoms with Gasteiger partial charge in [-0.05, 0) is 12.1 Å². The van der Waals surface area contributed by atoms with Crippen molar-refractivity contribution < 1.29 is 4.79 Å². The molecule has 0 aliphatic rings. The van der Waals surface area contributed by atoms with Crippen LogP contribution < -0.4 is 5.32 Å². The number of halogens is 1. The molecule has 0 saturated carbocycles. The quantitative estimate of drug-likeness (QED) is 0.602. The number of nitrogens with zero attached hydrogens (tertiary/aromatic N) is 1. The molecule has 0 atom stereocenters. The molecule has 1 amide bonds. The van der Waals surface area contributed by atoms with Gasteiger partial charge in [0.1, 0.15) is 0 Å². The Labute approximate surface area is 73.0 Å². The minimum absolute atomic E-state index is 0.219. The Morgan fingerprint density at radius 1 is 1.64 bits per heavy atom. The molecule has 0 aliphatic carbocycles. The van der Waals surface area contributed by atoms with Gasteiger partial charge in [-0.25, -0.2) is 0 Å². The van der Waals surface area contributed by atoms with Crippen molar-refractivity contribution in [2.75, 3.05) is 0 Å². The minimum Gasteiger partial charge on any atom is -0.341 e. The van der Waals surface area contributed by atoms with E-state index in [1.807, 2.05) is 18.2 Å². The lowest BCUT2D eigenvalue weighted by atomic mass is 10.3. The third kappa shape index (κ3) is 3.13. The summed E-state index contributed by atoms with van der Waals surface area (Å²) in [6, 6.07) is 5.56. The molecule has 0 spiro atoms. The van der Waals surface area contributed by atoms with Crippen LogP contribution in [-0.2, 0) is 6.54 Å². The van der Waals surface area contributed by atoms with Crippen LogP contribution in [0.25, 0.3) is 0 Å². The highest BCUT2D eigenvalue weighted by atomic mass is 79.9. The fraction of sp³-hybridized carbons (Fsp3) is 0.143. The van der Waals surface area contributed by atoms with Gasteiger partial charge in [-0.15, -0.1) is 0 Å². The third-order valence-electron chi connectivity index (χ3n) is 1.13. The van der Waals surface area contributed by atoms with Crippen LogP contribution in [0.5, 0.6) is 0 Å². The molecule has 4 heteroatoms. The maximum atomic E-state index is 10.4. The van der Waals surface area contributed by atoms with Crippen molar-refractivity contribution in [2.24, 2.45) is 0 Å². The number of carbonyl (C=O) groups excluding carboxylic acids is 1. The maximum Gasteiger partial charge on any atom is 0.287 e. The lowest BCUT2D eigenvalue weighted by Gasteiger charge is -1.98. The molecule has 0 bridgehead atoms. The summed E-state index contributed by atoms with van der Waals surface area (Å²) in [5.41, 5.74) is 0.848. The van der Waals surface area contributed by atoms with E-state index in [4.69, 9.17) is 0 Å². The Kier molecular flexibility index (Phi) is 3.04. The van der Waals surface area contributed by atoms with E-state index in [9.17, 15) is 4.79 Å². The number of aromatic nitrogens is 1. The summed E-state index contributed by atoms with van der Waals surface area (Å²) in [5, 5.41) is 2.58. The zero-order chi connectivity index (χ0) is 8.10. The van der Waals surface area contributed by atoms with E-state index in [-0.39, 0.29) is 4.82 Å². The predicted molar refractivity (Wildman–Crippen MR) is 45.4 cm³/mol. The van der Waals surface area contributed by atoms with Gasteiger partial charge >= 0.3 is 0 Å². The topological polar surface area (TPSA) is 42.0 Å². The standard InChI is InChI=1S/C7H7BrN2O/c8-7(11)10-5-6-3-1-2-4-9-6/h1-4H,5H2,(H,10,11). The van der Waals surface area contributed by atoms with Crippen molar-refractivity contribution in [3.63, 3.8) is 0 Å².